The van der Waals surface area contributed by atoms with Gasteiger partial charge in [0.15, 0.2) is 6.10 Å². The molecule has 1 aliphatic rings. The minimum absolute atomic E-state index is 0.275. The summed E-state index contributed by atoms with van der Waals surface area (Å²) in [4.78, 5) is 24.7. The van der Waals surface area contributed by atoms with Crippen LogP contribution in [-0.2, 0) is 9.53 Å². The lowest BCUT2D eigenvalue weighted by atomic mass is 9.83. The number of hydrogen-bond donors (Lipinski definition) is 1. The van der Waals surface area contributed by atoms with Gasteiger partial charge in [-0.25, -0.2) is 4.79 Å². The molecule has 0 heterocycles. The SMILES string of the molecule is CCOc1ccccc1C(=O)OC(C)C(=O)NC1(C#N)CCCCC1. The van der Waals surface area contributed by atoms with Gasteiger partial charge in [0.25, 0.3) is 5.91 Å². The first-order valence-electron chi connectivity index (χ1n) is 8.67. The first-order valence-corrected chi connectivity index (χ1v) is 8.67. The second-order valence-electron chi connectivity index (χ2n) is 6.22. The van der Waals surface area contributed by atoms with Crippen molar-refractivity contribution in [3.05, 3.63) is 29.8 Å². The van der Waals surface area contributed by atoms with Crippen LogP contribution >= 0.6 is 0 Å². The van der Waals surface area contributed by atoms with Crippen LogP contribution in [0.25, 0.3) is 0 Å². The van der Waals surface area contributed by atoms with Crippen LogP contribution in [0.15, 0.2) is 24.3 Å². The van der Waals surface area contributed by atoms with Crippen LogP contribution in [0.3, 0.4) is 0 Å². The highest BCUT2D eigenvalue weighted by Gasteiger charge is 2.35. The Morgan fingerprint density at radius 1 is 1.28 bits per heavy atom. The van der Waals surface area contributed by atoms with Gasteiger partial charge in [0, 0.05) is 0 Å². The van der Waals surface area contributed by atoms with Crippen molar-refractivity contribution in [2.75, 3.05) is 6.61 Å². The summed E-state index contributed by atoms with van der Waals surface area (Å²) < 4.78 is 10.7. The maximum Gasteiger partial charge on any atom is 0.342 e. The number of amides is 1. The van der Waals surface area contributed by atoms with Crippen molar-refractivity contribution in [2.45, 2.75) is 57.6 Å². The largest absolute Gasteiger partial charge is 0.493 e. The van der Waals surface area contributed by atoms with E-state index in [1.54, 1.807) is 24.3 Å². The molecule has 0 aliphatic heterocycles. The van der Waals surface area contributed by atoms with Crippen LogP contribution in [0.2, 0.25) is 0 Å². The monoisotopic (exact) mass is 344 g/mol. The summed E-state index contributed by atoms with van der Waals surface area (Å²) >= 11 is 0. The zero-order valence-electron chi connectivity index (χ0n) is 14.7. The summed E-state index contributed by atoms with van der Waals surface area (Å²) in [5, 5.41) is 12.2. The molecule has 1 atom stereocenters. The van der Waals surface area contributed by atoms with Gasteiger partial charge in [0.2, 0.25) is 0 Å². The molecule has 1 unspecified atom stereocenters. The number of hydrogen-bond acceptors (Lipinski definition) is 5. The van der Waals surface area contributed by atoms with Crippen LogP contribution in [0.4, 0.5) is 0 Å². The van der Waals surface area contributed by atoms with Gasteiger partial charge in [-0.2, -0.15) is 5.26 Å². The number of para-hydroxylation sites is 1. The van der Waals surface area contributed by atoms with Crippen molar-refractivity contribution in [3.8, 4) is 11.8 Å². The number of nitrogens with zero attached hydrogens (tertiary/aromatic N) is 1. The van der Waals surface area contributed by atoms with E-state index < -0.39 is 23.5 Å². The van der Waals surface area contributed by atoms with Gasteiger partial charge in [-0.1, -0.05) is 31.4 Å². The highest BCUT2D eigenvalue weighted by molar-refractivity contribution is 5.94. The second kappa shape index (κ2) is 8.52. The maximum absolute atomic E-state index is 12.4. The molecular formula is C19H24N2O4. The number of carbonyl (C=O) groups excluding carboxylic acids is 2. The predicted molar refractivity (Wildman–Crippen MR) is 92.1 cm³/mol. The first-order chi connectivity index (χ1) is 12.0. The Balaban J connectivity index is 2.01. The zero-order valence-corrected chi connectivity index (χ0v) is 14.7. The van der Waals surface area contributed by atoms with Crippen LogP contribution in [0.5, 0.6) is 5.75 Å². The van der Waals surface area contributed by atoms with Gasteiger partial charge < -0.3 is 14.8 Å². The van der Waals surface area contributed by atoms with Crippen LogP contribution in [-0.4, -0.2) is 30.1 Å². The summed E-state index contributed by atoms with van der Waals surface area (Å²) in [6.45, 7) is 3.75. The first kappa shape index (κ1) is 18.8. The molecule has 6 nitrogen and oxygen atoms in total. The Bertz CT molecular complexity index is 660. The minimum atomic E-state index is -0.991. The molecule has 1 fully saturated rings. The van der Waals surface area contributed by atoms with E-state index in [4.69, 9.17) is 9.47 Å². The third-order valence-electron chi connectivity index (χ3n) is 4.34. The van der Waals surface area contributed by atoms with Crippen molar-refractivity contribution < 1.29 is 19.1 Å². The Morgan fingerprint density at radius 2 is 1.96 bits per heavy atom. The fraction of sp³-hybridized carbons (Fsp3) is 0.526. The maximum atomic E-state index is 12.4. The van der Waals surface area contributed by atoms with E-state index in [1.807, 2.05) is 6.92 Å². The fourth-order valence-electron chi connectivity index (χ4n) is 2.95. The lowest BCUT2D eigenvalue weighted by Gasteiger charge is -2.32. The molecule has 0 saturated heterocycles. The molecule has 1 amide bonds. The lowest BCUT2D eigenvalue weighted by Crippen LogP contribution is -2.52. The molecule has 0 aromatic heterocycles. The van der Waals surface area contributed by atoms with Gasteiger partial charge in [-0.3, -0.25) is 4.79 Å². The predicted octanol–water partition coefficient (Wildman–Crippen LogP) is 2.97. The Labute approximate surface area is 148 Å². The third kappa shape index (κ3) is 4.72. The molecular weight excluding hydrogens is 320 g/mol. The molecule has 1 aromatic rings. The Morgan fingerprint density at radius 3 is 2.60 bits per heavy atom. The molecule has 2 rings (SSSR count). The van der Waals surface area contributed by atoms with E-state index in [0.717, 1.165) is 19.3 Å². The van der Waals surface area contributed by atoms with E-state index in [1.165, 1.54) is 6.92 Å². The molecule has 1 aliphatic carbocycles. The summed E-state index contributed by atoms with van der Waals surface area (Å²) in [5.41, 5.74) is -0.573. The molecule has 0 radical (unpaired) electrons. The van der Waals surface area contributed by atoms with Crippen LogP contribution < -0.4 is 10.1 Å². The van der Waals surface area contributed by atoms with Gasteiger partial charge >= 0.3 is 5.97 Å². The van der Waals surface area contributed by atoms with Crippen molar-refractivity contribution in [1.82, 2.24) is 5.32 Å². The summed E-state index contributed by atoms with van der Waals surface area (Å²) in [6, 6.07) is 8.96. The van der Waals surface area contributed by atoms with Crippen LogP contribution in [0.1, 0.15) is 56.3 Å². The average Bonchev–Trinajstić information content (AvgIpc) is 2.63. The van der Waals surface area contributed by atoms with Crippen molar-refractivity contribution in [2.24, 2.45) is 0 Å². The van der Waals surface area contributed by atoms with Crippen LogP contribution in [0, 0.1) is 11.3 Å². The van der Waals surface area contributed by atoms with Crippen molar-refractivity contribution >= 4 is 11.9 Å². The third-order valence-corrected chi connectivity index (χ3v) is 4.34. The molecule has 0 spiro atoms. The second-order valence-corrected chi connectivity index (χ2v) is 6.22. The molecule has 1 N–H and O–H groups in total. The van der Waals surface area contributed by atoms with E-state index in [0.29, 0.717) is 25.2 Å². The topological polar surface area (TPSA) is 88.4 Å². The quantitative estimate of drug-likeness (QED) is 0.802. The molecule has 134 valence electrons. The highest BCUT2D eigenvalue weighted by Crippen LogP contribution is 2.27. The standard InChI is InChI=1S/C19H24N2O4/c1-3-24-16-10-6-5-9-15(16)18(23)25-14(2)17(22)21-19(13-20)11-7-4-8-12-19/h5-6,9-10,14H,3-4,7-8,11-12H2,1-2H3,(H,21,22). The molecule has 25 heavy (non-hydrogen) atoms. The number of nitriles is 1. The zero-order chi connectivity index (χ0) is 18.3. The van der Waals surface area contributed by atoms with E-state index in [9.17, 15) is 14.9 Å². The van der Waals surface area contributed by atoms with Crippen molar-refractivity contribution in [1.29, 1.82) is 5.26 Å². The number of benzene rings is 1. The normalized spacial score (nSPS) is 17.0. The number of ether oxygens (including phenoxy) is 2. The highest BCUT2D eigenvalue weighted by atomic mass is 16.5. The van der Waals surface area contributed by atoms with Gasteiger partial charge in [0.05, 0.1) is 12.7 Å². The average molecular weight is 344 g/mol. The number of rotatable bonds is 6. The summed E-state index contributed by atoms with van der Waals surface area (Å²) in [7, 11) is 0. The number of carbonyl (C=O) groups is 2. The number of esters is 1. The molecule has 6 heteroatoms. The van der Waals surface area contributed by atoms with E-state index in [-0.39, 0.29) is 5.56 Å². The van der Waals surface area contributed by atoms with Gasteiger partial charge in [-0.15, -0.1) is 0 Å². The summed E-state index contributed by atoms with van der Waals surface area (Å²) in [6.07, 6.45) is 3.15. The van der Waals surface area contributed by atoms with Crippen molar-refractivity contribution in [3.63, 3.8) is 0 Å². The van der Waals surface area contributed by atoms with Gasteiger partial charge in [-0.05, 0) is 38.8 Å². The van der Waals surface area contributed by atoms with E-state index in [2.05, 4.69) is 11.4 Å². The minimum Gasteiger partial charge on any atom is -0.493 e. The Hall–Kier alpha value is -2.55. The summed E-state index contributed by atoms with van der Waals surface area (Å²) in [5.74, 6) is -0.657. The molecule has 1 saturated carbocycles. The molecule has 1 aromatic carbocycles. The lowest BCUT2D eigenvalue weighted by molar-refractivity contribution is -0.130. The molecule has 0 bridgehead atoms. The number of nitrogens with one attached hydrogen (secondary N) is 1. The Kier molecular flexibility index (Phi) is 6.40. The van der Waals surface area contributed by atoms with E-state index >= 15 is 0 Å². The fourth-order valence-corrected chi connectivity index (χ4v) is 2.95. The van der Waals surface area contributed by atoms with Gasteiger partial charge in [0.1, 0.15) is 16.9 Å². The smallest absolute Gasteiger partial charge is 0.342 e.